The van der Waals surface area contributed by atoms with Crippen LogP contribution in [0.5, 0.6) is 0 Å². The summed E-state index contributed by atoms with van der Waals surface area (Å²) in [7, 11) is 0. The van der Waals surface area contributed by atoms with Crippen molar-refractivity contribution in [1.29, 1.82) is 0 Å². The summed E-state index contributed by atoms with van der Waals surface area (Å²) < 4.78 is 0. The highest BCUT2D eigenvalue weighted by Gasteiger charge is 2.09. The first-order valence-corrected chi connectivity index (χ1v) is 6.18. The predicted octanol–water partition coefficient (Wildman–Crippen LogP) is -3.75. The van der Waals surface area contributed by atoms with Crippen LogP contribution in [0.2, 0.25) is 0 Å². The Hall–Kier alpha value is -4.10. The highest BCUT2D eigenvalue weighted by molar-refractivity contribution is 5.77. The molecule has 0 aliphatic carbocycles. The normalized spacial score (nSPS) is 12.1. The molecule has 3 aromatic heterocycles. The first-order chi connectivity index (χ1) is 11.3. The standard InChI is InChI=1S/C5H5N5O2.C5H3N5O2/c2*6-4-8-2-1(3(11)10-4)7-5(12)9-2/h(H5,6,7,8,9,10,11,12);(H3,6,8,9,10,11,12). The molecular weight excluding hydrogens is 324 g/mol. The van der Waals surface area contributed by atoms with Crippen molar-refractivity contribution in [3.63, 3.8) is 0 Å². The summed E-state index contributed by atoms with van der Waals surface area (Å²) in [6.07, 6.45) is 0. The monoisotopic (exact) mass is 332 g/mol. The predicted molar refractivity (Wildman–Crippen MR) is 78.7 cm³/mol. The molecule has 0 aromatic carbocycles. The first-order valence-electron chi connectivity index (χ1n) is 6.18. The van der Waals surface area contributed by atoms with Gasteiger partial charge in [0.05, 0.1) is 0 Å². The Morgan fingerprint density at radius 2 is 1.42 bits per heavy atom. The Balaban J connectivity index is 0.000000141. The summed E-state index contributed by atoms with van der Waals surface area (Å²) in [5, 5.41) is -0.0748. The average molecular weight is 332 g/mol. The van der Waals surface area contributed by atoms with E-state index < -0.39 is 22.8 Å². The lowest BCUT2D eigenvalue weighted by Gasteiger charge is -1.89. The van der Waals surface area contributed by atoms with Crippen LogP contribution in [-0.4, -0.2) is 35.9 Å². The highest BCUT2D eigenvalue weighted by atomic mass is 16.2. The van der Waals surface area contributed by atoms with Crippen molar-refractivity contribution in [3.8, 4) is 0 Å². The van der Waals surface area contributed by atoms with E-state index in [9.17, 15) is 19.2 Å². The highest BCUT2D eigenvalue weighted by Crippen LogP contribution is 1.96. The van der Waals surface area contributed by atoms with Gasteiger partial charge in [-0.2, -0.15) is 20.0 Å². The van der Waals surface area contributed by atoms with Crippen LogP contribution in [0.3, 0.4) is 0 Å². The van der Waals surface area contributed by atoms with Crippen LogP contribution in [-0.2, 0) is 0 Å². The van der Waals surface area contributed by atoms with Crippen LogP contribution in [0.15, 0.2) is 24.4 Å². The molecule has 0 spiro atoms. The number of amides is 2. The molecule has 0 unspecified atom stereocenters. The molecule has 0 fully saturated rings. The van der Waals surface area contributed by atoms with Gasteiger partial charge in [-0.25, -0.2) is 9.59 Å². The maximum atomic E-state index is 11.0. The molecule has 24 heavy (non-hydrogen) atoms. The number of anilines is 2. The van der Waals surface area contributed by atoms with Gasteiger partial charge in [-0.15, -0.1) is 0 Å². The zero-order valence-corrected chi connectivity index (χ0v) is 11.6. The van der Waals surface area contributed by atoms with Gasteiger partial charge in [0.15, 0.2) is 22.0 Å². The number of nitrogens with one attached hydrogen (secondary N) is 4. The summed E-state index contributed by atoms with van der Waals surface area (Å²) in [6, 6.07) is -0.728. The summed E-state index contributed by atoms with van der Waals surface area (Å²) in [5.41, 5.74) is 9.20. The van der Waals surface area contributed by atoms with Crippen LogP contribution < -0.4 is 39.1 Å². The second-order valence-electron chi connectivity index (χ2n) is 4.38. The van der Waals surface area contributed by atoms with Gasteiger partial charge >= 0.3 is 11.7 Å². The molecule has 1 aliphatic heterocycles. The number of nitrogens with two attached hydrogens (primary N) is 2. The van der Waals surface area contributed by atoms with E-state index in [1.54, 1.807) is 0 Å². The molecule has 0 saturated heterocycles. The second kappa shape index (κ2) is 5.27. The van der Waals surface area contributed by atoms with Crippen molar-refractivity contribution < 1.29 is 4.79 Å². The Morgan fingerprint density at radius 1 is 0.750 bits per heavy atom. The lowest BCUT2D eigenvalue weighted by atomic mass is 10.5. The van der Waals surface area contributed by atoms with E-state index in [0.29, 0.717) is 0 Å². The third kappa shape index (κ3) is 2.65. The Kier molecular flexibility index (Phi) is 3.25. The minimum absolute atomic E-state index is 0.0127. The fraction of sp³-hybridized carbons (Fsp3) is 0. The van der Waals surface area contributed by atoms with Crippen molar-refractivity contribution in [2.45, 2.75) is 0 Å². The Bertz CT molecular complexity index is 1260. The van der Waals surface area contributed by atoms with E-state index in [1.807, 2.05) is 0 Å². The lowest BCUT2D eigenvalue weighted by Crippen LogP contribution is -2.41. The molecule has 0 saturated carbocycles. The Morgan fingerprint density at radius 3 is 2.17 bits per heavy atom. The SMILES string of the molecule is Nc1nc2[nH]c(=O)[nH]c2c(=O)[nH]1.Nc1nc2c(c(=O)[nH]1)=NC(=O)N=2. The number of rotatable bonds is 0. The molecule has 0 radical (unpaired) electrons. The van der Waals surface area contributed by atoms with E-state index in [-0.39, 0.29) is 33.9 Å². The van der Waals surface area contributed by atoms with Gasteiger partial charge in [0.2, 0.25) is 11.9 Å². The molecule has 4 rings (SSSR count). The molecule has 122 valence electrons. The number of aromatic amines is 4. The third-order valence-electron chi connectivity index (χ3n) is 2.71. The third-order valence-corrected chi connectivity index (χ3v) is 2.71. The summed E-state index contributed by atoms with van der Waals surface area (Å²) in [5.74, 6) is -0.102. The molecule has 0 atom stereocenters. The summed E-state index contributed by atoms with van der Waals surface area (Å²) >= 11 is 0. The van der Waals surface area contributed by atoms with E-state index in [0.717, 1.165) is 0 Å². The summed E-state index contributed by atoms with van der Waals surface area (Å²) in [4.78, 5) is 66.4. The van der Waals surface area contributed by atoms with Gasteiger partial charge in [-0.05, 0) is 0 Å². The number of H-pyrrole nitrogens is 4. The van der Waals surface area contributed by atoms with E-state index in [4.69, 9.17) is 11.5 Å². The van der Waals surface area contributed by atoms with Crippen LogP contribution in [0.4, 0.5) is 16.7 Å². The van der Waals surface area contributed by atoms with E-state index in [1.165, 1.54) is 0 Å². The van der Waals surface area contributed by atoms with Crippen molar-refractivity contribution in [2.24, 2.45) is 9.98 Å². The number of aromatic nitrogens is 6. The molecule has 1 aliphatic rings. The van der Waals surface area contributed by atoms with Crippen LogP contribution >= 0.6 is 0 Å². The van der Waals surface area contributed by atoms with E-state index >= 15 is 0 Å². The smallest absolute Gasteiger partial charge is 0.369 e. The number of carbonyl (C=O) groups is 1. The van der Waals surface area contributed by atoms with Crippen LogP contribution in [0, 0.1) is 0 Å². The average Bonchev–Trinajstić information content (AvgIpc) is 3.01. The quantitative estimate of drug-likeness (QED) is 0.238. The minimum atomic E-state index is -0.728. The number of imidazole rings is 1. The van der Waals surface area contributed by atoms with Gasteiger partial charge < -0.3 is 11.5 Å². The topological polar surface area (TPSA) is 234 Å². The van der Waals surface area contributed by atoms with Gasteiger partial charge in [0.1, 0.15) is 0 Å². The summed E-state index contributed by atoms with van der Waals surface area (Å²) in [6.45, 7) is 0. The maximum Gasteiger partial charge on any atom is 0.370 e. The number of hydrogen-bond donors (Lipinski definition) is 6. The van der Waals surface area contributed by atoms with Crippen molar-refractivity contribution in [2.75, 3.05) is 11.5 Å². The molecule has 14 heteroatoms. The van der Waals surface area contributed by atoms with Crippen LogP contribution in [0.1, 0.15) is 0 Å². The number of hydrogen-bond acceptors (Lipinski definition) is 8. The fourth-order valence-electron chi connectivity index (χ4n) is 1.81. The number of carbonyl (C=O) groups excluding carboxylic acids is 1. The minimum Gasteiger partial charge on any atom is -0.369 e. The van der Waals surface area contributed by atoms with E-state index in [2.05, 4.69) is 39.9 Å². The number of nitrogen functional groups attached to an aromatic ring is 2. The van der Waals surface area contributed by atoms with Gasteiger partial charge in [-0.1, -0.05) is 0 Å². The van der Waals surface area contributed by atoms with Gasteiger partial charge in [0.25, 0.3) is 11.1 Å². The molecule has 0 bridgehead atoms. The largest absolute Gasteiger partial charge is 0.370 e. The zero-order valence-electron chi connectivity index (χ0n) is 11.6. The van der Waals surface area contributed by atoms with Gasteiger partial charge in [0, 0.05) is 0 Å². The van der Waals surface area contributed by atoms with Crippen molar-refractivity contribution in [3.05, 3.63) is 42.0 Å². The lowest BCUT2D eigenvalue weighted by molar-refractivity contribution is 0.256. The number of urea groups is 1. The van der Waals surface area contributed by atoms with Crippen molar-refractivity contribution in [1.82, 2.24) is 29.9 Å². The molecule has 4 heterocycles. The molecule has 3 aromatic rings. The zero-order chi connectivity index (χ0) is 17.4. The van der Waals surface area contributed by atoms with Crippen LogP contribution in [0.25, 0.3) is 11.2 Å². The molecule has 8 N–H and O–H groups in total. The van der Waals surface area contributed by atoms with Gasteiger partial charge in [-0.3, -0.25) is 29.5 Å². The first kappa shape index (κ1) is 14.8. The fourth-order valence-corrected chi connectivity index (χ4v) is 1.81. The number of nitrogens with zero attached hydrogens (tertiary/aromatic N) is 4. The molecule has 2 amide bonds. The molecular formula is C10H8N10O4. The maximum absolute atomic E-state index is 11.0. The number of fused-ring (bicyclic) bond motifs is 2. The molecule has 14 nitrogen and oxygen atoms in total. The van der Waals surface area contributed by atoms with Crippen molar-refractivity contribution >= 4 is 29.1 Å². The second-order valence-corrected chi connectivity index (χ2v) is 4.38. The Labute approximate surface area is 128 Å².